The van der Waals surface area contributed by atoms with E-state index in [1.54, 1.807) is 6.92 Å². The lowest BCUT2D eigenvalue weighted by Crippen LogP contribution is -2.61. The highest BCUT2D eigenvalue weighted by atomic mass is 16.6. The van der Waals surface area contributed by atoms with Gasteiger partial charge in [-0.2, -0.15) is 0 Å². The van der Waals surface area contributed by atoms with Crippen molar-refractivity contribution in [2.75, 3.05) is 6.61 Å². The third-order valence-electron chi connectivity index (χ3n) is 7.47. The standard InChI is InChI=1S/C37H40O6/c1-28(38)22-33-35(40-24-30-16-8-3-9-17-30)37(42-26-32-20-12-5-13-21-32)36(41-25-31-18-10-4-11-19-31)34(43-33)27-39-23-29-14-6-2-7-15-29/h2-21,33-37H,22-27H2,1H3/t33-,34+,35-,36-,37+/m0/s1. The normalized spacial score (nSPS) is 21.8. The quantitative estimate of drug-likeness (QED) is 0.156. The average Bonchev–Trinajstić information content (AvgIpc) is 3.04. The second-order valence-electron chi connectivity index (χ2n) is 10.9. The first-order chi connectivity index (χ1) is 21.2. The molecule has 5 atom stereocenters. The van der Waals surface area contributed by atoms with E-state index in [9.17, 15) is 4.79 Å². The van der Waals surface area contributed by atoms with Crippen LogP contribution in [0.4, 0.5) is 0 Å². The zero-order valence-electron chi connectivity index (χ0n) is 24.6. The summed E-state index contributed by atoms with van der Waals surface area (Å²) in [4.78, 5) is 12.5. The molecular formula is C37H40O6. The Morgan fingerprint density at radius 2 is 0.907 bits per heavy atom. The summed E-state index contributed by atoms with van der Waals surface area (Å²) < 4.78 is 32.7. The van der Waals surface area contributed by atoms with Crippen LogP contribution < -0.4 is 0 Å². The van der Waals surface area contributed by atoms with Crippen molar-refractivity contribution in [2.45, 2.75) is 70.3 Å². The highest BCUT2D eigenvalue weighted by Gasteiger charge is 2.48. The number of Topliss-reactive ketones (excluding diaryl/α,β-unsaturated/α-hetero) is 1. The molecule has 0 spiro atoms. The zero-order valence-corrected chi connectivity index (χ0v) is 24.6. The van der Waals surface area contributed by atoms with E-state index in [-0.39, 0.29) is 18.8 Å². The topological polar surface area (TPSA) is 63.2 Å². The van der Waals surface area contributed by atoms with Crippen molar-refractivity contribution in [3.63, 3.8) is 0 Å². The number of ketones is 1. The summed E-state index contributed by atoms with van der Waals surface area (Å²) in [6.07, 6.45) is -2.37. The summed E-state index contributed by atoms with van der Waals surface area (Å²) in [5, 5.41) is 0. The second kappa shape index (κ2) is 16.3. The predicted octanol–water partition coefficient (Wildman–Crippen LogP) is 6.71. The van der Waals surface area contributed by atoms with E-state index in [1.807, 2.05) is 121 Å². The van der Waals surface area contributed by atoms with Crippen LogP contribution in [0.5, 0.6) is 0 Å². The third kappa shape index (κ3) is 9.42. The molecule has 1 heterocycles. The van der Waals surface area contributed by atoms with Crippen molar-refractivity contribution in [1.29, 1.82) is 0 Å². The molecule has 5 rings (SSSR count). The van der Waals surface area contributed by atoms with Gasteiger partial charge in [0.05, 0.1) is 39.1 Å². The van der Waals surface area contributed by atoms with E-state index < -0.39 is 30.5 Å². The molecule has 0 aliphatic carbocycles. The van der Waals surface area contributed by atoms with Crippen molar-refractivity contribution in [3.8, 4) is 0 Å². The molecule has 1 fully saturated rings. The van der Waals surface area contributed by atoms with Gasteiger partial charge in [0, 0.05) is 6.42 Å². The number of rotatable bonds is 15. The van der Waals surface area contributed by atoms with Crippen molar-refractivity contribution in [1.82, 2.24) is 0 Å². The summed E-state index contributed by atoms with van der Waals surface area (Å²) >= 11 is 0. The Balaban J connectivity index is 1.42. The molecule has 0 saturated carbocycles. The van der Waals surface area contributed by atoms with Gasteiger partial charge in [-0.15, -0.1) is 0 Å². The molecular weight excluding hydrogens is 540 g/mol. The Kier molecular flexibility index (Phi) is 11.6. The van der Waals surface area contributed by atoms with E-state index >= 15 is 0 Å². The number of carbonyl (C=O) groups excluding carboxylic acids is 1. The molecule has 4 aromatic rings. The van der Waals surface area contributed by atoms with Crippen molar-refractivity contribution >= 4 is 5.78 Å². The minimum Gasteiger partial charge on any atom is -0.374 e. The molecule has 0 bridgehead atoms. The fourth-order valence-corrected chi connectivity index (χ4v) is 5.33. The fourth-order valence-electron chi connectivity index (χ4n) is 5.33. The monoisotopic (exact) mass is 580 g/mol. The van der Waals surface area contributed by atoms with Crippen LogP contribution in [0.15, 0.2) is 121 Å². The molecule has 1 aliphatic rings. The van der Waals surface area contributed by atoms with Crippen molar-refractivity contribution < 1.29 is 28.5 Å². The number of hydrogen-bond acceptors (Lipinski definition) is 6. The van der Waals surface area contributed by atoms with Crippen LogP contribution in [0.2, 0.25) is 0 Å². The number of carbonyl (C=O) groups is 1. The van der Waals surface area contributed by atoms with Gasteiger partial charge in [-0.3, -0.25) is 4.79 Å². The van der Waals surface area contributed by atoms with Gasteiger partial charge < -0.3 is 23.7 Å². The van der Waals surface area contributed by atoms with Crippen LogP contribution in [0.3, 0.4) is 0 Å². The van der Waals surface area contributed by atoms with E-state index in [2.05, 4.69) is 0 Å². The van der Waals surface area contributed by atoms with Crippen molar-refractivity contribution in [3.05, 3.63) is 144 Å². The summed E-state index contributed by atoms with van der Waals surface area (Å²) in [6, 6.07) is 40.1. The van der Waals surface area contributed by atoms with Crippen LogP contribution in [0.1, 0.15) is 35.6 Å². The number of benzene rings is 4. The van der Waals surface area contributed by atoms with Crippen molar-refractivity contribution in [2.24, 2.45) is 0 Å². The lowest BCUT2D eigenvalue weighted by atomic mass is 9.91. The Labute approximate surface area is 254 Å². The Bertz CT molecular complexity index is 1350. The van der Waals surface area contributed by atoms with E-state index in [1.165, 1.54) is 0 Å². The van der Waals surface area contributed by atoms with Gasteiger partial charge in [-0.1, -0.05) is 121 Å². The van der Waals surface area contributed by atoms with Gasteiger partial charge >= 0.3 is 0 Å². The Morgan fingerprint density at radius 3 is 1.33 bits per heavy atom. The minimum atomic E-state index is -0.543. The van der Waals surface area contributed by atoms with Gasteiger partial charge in [0.2, 0.25) is 0 Å². The van der Waals surface area contributed by atoms with Gasteiger partial charge in [0.1, 0.15) is 30.2 Å². The highest BCUT2D eigenvalue weighted by molar-refractivity contribution is 5.76. The van der Waals surface area contributed by atoms with Gasteiger partial charge in [0.15, 0.2) is 0 Å². The summed E-state index contributed by atoms with van der Waals surface area (Å²) in [5.74, 6) is 0.0210. The largest absolute Gasteiger partial charge is 0.374 e. The number of hydrogen-bond donors (Lipinski definition) is 0. The van der Waals surface area contributed by atoms with Crippen LogP contribution >= 0.6 is 0 Å². The number of ether oxygens (including phenoxy) is 5. The van der Waals surface area contributed by atoms with Gasteiger partial charge in [0.25, 0.3) is 0 Å². The molecule has 6 heteroatoms. The maximum atomic E-state index is 12.5. The Morgan fingerprint density at radius 1 is 0.535 bits per heavy atom. The maximum absolute atomic E-state index is 12.5. The lowest BCUT2D eigenvalue weighted by Gasteiger charge is -2.46. The molecule has 0 radical (unpaired) electrons. The highest BCUT2D eigenvalue weighted by Crippen LogP contribution is 2.32. The van der Waals surface area contributed by atoms with E-state index in [0.29, 0.717) is 26.4 Å². The molecule has 224 valence electrons. The first-order valence-corrected chi connectivity index (χ1v) is 14.9. The van der Waals surface area contributed by atoms with Crippen LogP contribution in [0.25, 0.3) is 0 Å². The molecule has 1 aliphatic heterocycles. The molecule has 0 aromatic heterocycles. The predicted molar refractivity (Wildman–Crippen MR) is 165 cm³/mol. The summed E-state index contributed by atoms with van der Waals surface area (Å²) in [5.41, 5.74) is 4.18. The summed E-state index contributed by atoms with van der Waals surface area (Å²) in [6.45, 7) is 3.39. The molecule has 6 nitrogen and oxygen atoms in total. The third-order valence-corrected chi connectivity index (χ3v) is 7.47. The molecule has 0 N–H and O–H groups in total. The van der Waals surface area contributed by atoms with Crippen LogP contribution in [-0.4, -0.2) is 42.9 Å². The first-order valence-electron chi connectivity index (χ1n) is 14.9. The SMILES string of the molecule is CC(=O)C[C@@H]1O[C@H](COCc2ccccc2)[C@H](OCc2ccccc2)[C@H](OCc2ccccc2)[C@H]1OCc1ccccc1. The summed E-state index contributed by atoms with van der Waals surface area (Å²) in [7, 11) is 0. The molecule has 0 amide bonds. The smallest absolute Gasteiger partial charge is 0.132 e. The molecule has 4 aromatic carbocycles. The first kappa shape index (κ1) is 30.8. The van der Waals surface area contributed by atoms with Gasteiger partial charge in [-0.25, -0.2) is 0 Å². The molecule has 1 saturated heterocycles. The van der Waals surface area contributed by atoms with Crippen LogP contribution in [0, 0.1) is 0 Å². The second-order valence-corrected chi connectivity index (χ2v) is 10.9. The van der Waals surface area contributed by atoms with Gasteiger partial charge in [-0.05, 0) is 29.2 Å². The zero-order chi connectivity index (χ0) is 29.7. The average molecular weight is 581 g/mol. The lowest BCUT2D eigenvalue weighted by molar-refractivity contribution is -0.272. The van der Waals surface area contributed by atoms with E-state index in [4.69, 9.17) is 23.7 Å². The molecule has 43 heavy (non-hydrogen) atoms. The fraction of sp³-hybridized carbons (Fsp3) is 0.324. The molecule has 0 unspecified atom stereocenters. The minimum absolute atomic E-state index is 0.0210. The maximum Gasteiger partial charge on any atom is 0.132 e. The van der Waals surface area contributed by atoms with E-state index in [0.717, 1.165) is 22.3 Å². The Hall–Kier alpha value is -3.65. The van der Waals surface area contributed by atoms with Crippen LogP contribution in [-0.2, 0) is 54.9 Å².